The fourth-order valence-corrected chi connectivity index (χ4v) is 5.71. The van der Waals surface area contributed by atoms with Crippen LogP contribution < -0.4 is 16.4 Å². The number of carbonyl (C=O) groups is 2. The Labute approximate surface area is 243 Å². The predicted molar refractivity (Wildman–Crippen MR) is 155 cm³/mol. The highest BCUT2D eigenvalue weighted by atomic mass is 35.5. The van der Waals surface area contributed by atoms with Gasteiger partial charge in [0.1, 0.15) is 16.9 Å². The molecule has 2 aromatic heterocycles. The maximum absolute atomic E-state index is 13.7. The summed E-state index contributed by atoms with van der Waals surface area (Å²) in [5, 5.41) is 6.86. The third kappa shape index (κ3) is 6.80. The van der Waals surface area contributed by atoms with E-state index in [-0.39, 0.29) is 35.0 Å². The third-order valence-electron chi connectivity index (χ3n) is 7.48. The number of likely N-dealkylation sites (tertiary alicyclic amines) is 1. The lowest BCUT2D eigenvalue weighted by molar-refractivity contribution is -0.122. The van der Waals surface area contributed by atoms with Crippen molar-refractivity contribution in [2.45, 2.75) is 77.0 Å². The smallest absolute Gasteiger partial charge is 0.410 e. The molecule has 41 heavy (non-hydrogen) atoms. The lowest BCUT2D eigenvalue weighted by Crippen LogP contribution is -2.47. The first-order chi connectivity index (χ1) is 19.5. The molecule has 1 unspecified atom stereocenters. The molecule has 0 radical (unpaired) electrons. The molecule has 1 saturated heterocycles. The van der Waals surface area contributed by atoms with Crippen molar-refractivity contribution in [3.63, 3.8) is 0 Å². The summed E-state index contributed by atoms with van der Waals surface area (Å²) in [5.74, 6) is 0.0450. The first-order valence-electron chi connectivity index (χ1n) is 14.0. The van der Waals surface area contributed by atoms with E-state index in [0.29, 0.717) is 67.5 Å². The minimum atomic E-state index is -0.565. The Morgan fingerprint density at radius 3 is 2.59 bits per heavy atom. The minimum absolute atomic E-state index is 0.00239. The molecule has 2 amide bonds. The van der Waals surface area contributed by atoms with Crippen LogP contribution in [0.2, 0.25) is 5.02 Å². The van der Waals surface area contributed by atoms with Gasteiger partial charge in [-0.1, -0.05) is 11.6 Å². The van der Waals surface area contributed by atoms with E-state index < -0.39 is 11.4 Å². The summed E-state index contributed by atoms with van der Waals surface area (Å²) >= 11 is 6.31. The zero-order chi connectivity index (χ0) is 29.3. The SMILES string of the molecule is CC(C)(C)OC(=O)N1CCCC(Nc2ncc3nc(Nc4ccc(F)cc4Cl)n(C4CCC(C(N)=O)CC4)c3n2)C1. The molecule has 1 saturated carbocycles. The molecule has 2 fully saturated rings. The third-order valence-corrected chi connectivity index (χ3v) is 7.79. The maximum atomic E-state index is 13.7. The first-order valence-corrected chi connectivity index (χ1v) is 14.4. The molecule has 0 bridgehead atoms. The normalized spacial score (nSPS) is 21.5. The zero-order valence-corrected chi connectivity index (χ0v) is 24.2. The number of anilines is 3. The molecule has 5 rings (SSSR count). The molecule has 4 N–H and O–H groups in total. The van der Waals surface area contributed by atoms with Gasteiger partial charge in [-0.15, -0.1) is 0 Å². The average molecular weight is 587 g/mol. The van der Waals surface area contributed by atoms with Gasteiger partial charge in [-0.25, -0.2) is 19.2 Å². The Kier molecular flexibility index (Phi) is 8.21. The molecule has 3 aromatic rings. The molecule has 3 heterocycles. The van der Waals surface area contributed by atoms with Crippen LogP contribution in [0.1, 0.15) is 65.3 Å². The van der Waals surface area contributed by atoms with Crippen LogP contribution in [0.15, 0.2) is 24.4 Å². The number of piperidine rings is 1. The van der Waals surface area contributed by atoms with Crippen molar-refractivity contribution in [2.24, 2.45) is 11.7 Å². The number of fused-ring (bicyclic) bond motifs is 1. The van der Waals surface area contributed by atoms with E-state index in [2.05, 4.69) is 15.6 Å². The predicted octanol–water partition coefficient (Wildman–Crippen LogP) is 5.39. The molecule has 1 atom stereocenters. The summed E-state index contributed by atoms with van der Waals surface area (Å²) in [7, 11) is 0. The van der Waals surface area contributed by atoms with Crippen LogP contribution >= 0.6 is 11.6 Å². The van der Waals surface area contributed by atoms with Crippen LogP contribution in [0, 0.1) is 11.7 Å². The largest absolute Gasteiger partial charge is 0.444 e. The van der Waals surface area contributed by atoms with E-state index in [4.69, 9.17) is 32.0 Å². The summed E-state index contributed by atoms with van der Waals surface area (Å²) in [6, 6.07) is 4.07. The van der Waals surface area contributed by atoms with Gasteiger partial charge in [-0.05, 0) is 77.5 Å². The number of nitrogens with two attached hydrogens (primary N) is 1. The molecular formula is C28H36ClFN8O3. The number of carbonyl (C=O) groups excluding carboxylic acids is 2. The van der Waals surface area contributed by atoms with Crippen LogP contribution in [-0.4, -0.2) is 61.2 Å². The van der Waals surface area contributed by atoms with Gasteiger partial charge in [0, 0.05) is 31.1 Å². The second-order valence-corrected chi connectivity index (χ2v) is 12.2. The second kappa shape index (κ2) is 11.7. The molecule has 0 spiro atoms. The van der Waals surface area contributed by atoms with Crippen LogP contribution in [0.4, 0.5) is 26.8 Å². The van der Waals surface area contributed by atoms with E-state index >= 15 is 0 Å². The quantitative estimate of drug-likeness (QED) is 0.349. The van der Waals surface area contributed by atoms with Gasteiger partial charge < -0.3 is 26.0 Å². The number of ether oxygens (including phenoxy) is 1. The molecule has 13 heteroatoms. The van der Waals surface area contributed by atoms with E-state index in [9.17, 15) is 14.0 Å². The van der Waals surface area contributed by atoms with Crippen molar-refractivity contribution in [3.05, 3.63) is 35.2 Å². The van der Waals surface area contributed by atoms with Crippen molar-refractivity contribution in [1.29, 1.82) is 0 Å². The molecule has 2 aliphatic rings. The van der Waals surface area contributed by atoms with E-state index in [0.717, 1.165) is 12.8 Å². The maximum Gasteiger partial charge on any atom is 0.410 e. The number of imidazole rings is 1. The number of nitrogens with zero attached hydrogens (tertiary/aromatic N) is 5. The summed E-state index contributed by atoms with van der Waals surface area (Å²) < 4.78 is 21.2. The van der Waals surface area contributed by atoms with Gasteiger partial charge in [0.15, 0.2) is 5.65 Å². The Morgan fingerprint density at radius 2 is 1.90 bits per heavy atom. The van der Waals surface area contributed by atoms with Crippen molar-refractivity contribution >= 4 is 52.3 Å². The van der Waals surface area contributed by atoms with Crippen molar-refractivity contribution in [1.82, 2.24) is 24.4 Å². The van der Waals surface area contributed by atoms with Crippen LogP contribution in [0.25, 0.3) is 11.2 Å². The highest BCUT2D eigenvalue weighted by molar-refractivity contribution is 6.33. The summed E-state index contributed by atoms with van der Waals surface area (Å²) in [5.41, 5.74) is 6.71. The van der Waals surface area contributed by atoms with E-state index in [1.165, 1.54) is 12.1 Å². The lowest BCUT2D eigenvalue weighted by Gasteiger charge is -2.34. The number of rotatable bonds is 6. The summed E-state index contributed by atoms with van der Waals surface area (Å²) in [4.78, 5) is 40.2. The van der Waals surface area contributed by atoms with Gasteiger partial charge >= 0.3 is 6.09 Å². The molecule has 1 aliphatic carbocycles. The molecule has 1 aliphatic heterocycles. The number of primary amides is 1. The number of amides is 2. The average Bonchev–Trinajstić information content (AvgIpc) is 3.26. The highest BCUT2D eigenvalue weighted by Gasteiger charge is 2.31. The Hall–Kier alpha value is -3.67. The molecular weight excluding hydrogens is 551 g/mol. The van der Waals surface area contributed by atoms with E-state index in [1.54, 1.807) is 17.2 Å². The number of hydrogen-bond acceptors (Lipinski definition) is 8. The monoisotopic (exact) mass is 586 g/mol. The molecule has 11 nitrogen and oxygen atoms in total. The minimum Gasteiger partial charge on any atom is -0.444 e. The van der Waals surface area contributed by atoms with Gasteiger partial charge in [0.05, 0.1) is 16.9 Å². The standard InChI is InChI=1S/C28H36ClFN8O3/c1-28(2,3)41-27(40)37-12-4-5-18(15-37)33-25-32-14-22-24(36-25)38(19-9-6-16(7-10-19)23(31)39)26(35-22)34-21-11-8-17(30)13-20(21)29/h8,11,13-14,16,18-19H,4-7,9-10,12,15H2,1-3H3,(H2,31,39)(H,34,35)(H,32,33,36). The van der Waals surface area contributed by atoms with Crippen molar-refractivity contribution in [3.8, 4) is 0 Å². The highest BCUT2D eigenvalue weighted by Crippen LogP contribution is 2.37. The molecule has 1 aromatic carbocycles. The fourth-order valence-electron chi connectivity index (χ4n) is 5.49. The van der Waals surface area contributed by atoms with Crippen LogP contribution in [-0.2, 0) is 9.53 Å². The summed E-state index contributed by atoms with van der Waals surface area (Å²) in [6.45, 7) is 6.66. The second-order valence-electron chi connectivity index (χ2n) is 11.8. The van der Waals surface area contributed by atoms with Crippen molar-refractivity contribution < 1.29 is 18.7 Å². The number of nitrogens with one attached hydrogen (secondary N) is 2. The zero-order valence-electron chi connectivity index (χ0n) is 23.5. The Balaban J connectivity index is 1.42. The van der Waals surface area contributed by atoms with Gasteiger partial charge in [0.2, 0.25) is 17.8 Å². The van der Waals surface area contributed by atoms with E-state index in [1.807, 2.05) is 25.3 Å². The van der Waals surface area contributed by atoms with Crippen LogP contribution in [0.5, 0.6) is 0 Å². The van der Waals surface area contributed by atoms with Crippen molar-refractivity contribution in [2.75, 3.05) is 23.7 Å². The molecule has 220 valence electrons. The fraction of sp³-hybridized carbons (Fsp3) is 0.536. The Morgan fingerprint density at radius 1 is 1.15 bits per heavy atom. The van der Waals surface area contributed by atoms with Gasteiger partial charge in [-0.2, -0.15) is 4.98 Å². The topological polar surface area (TPSA) is 140 Å². The van der Waals surface area contributed by atoms with Crippen LogP contribution in [0.3, 0.4) is 0 Å². The number of aromatic nitrogens is 4. The number of benzene rings is 1. The number of halogens is 2. The first kappa shape index (κ1) is 28.8. The van der Waals surface area contributed by atoms with Gasteiger partial charge in [-0.3, -0.25) is 9.36 Å². The Bertz CT molecular complexity index is 1430. The van der Waals surface area contributed by atoms with Gasteiger partial charge in [0.25, 0.3) is 0 Å². The summed E-state index contributed by atoms with van der Waals surface area (Å²) in [6.07, 6.45) is 5.75. The lowest BCUT2D eigenvalue weighted by atomic mass is 9.85. The number of hydrogen-bond donors (Lipinski definition) is 3.